The Bertz CT molecular complexity index is 1370. The maximum Gasteiger partial charge on any atom is 0.381 e. The van der Waals surface area contributed by atoms with Crippen LogP contribution in [0, 0.1) is 11.9 Å². The smallest absolute Gasteiger partial charge is 0.381 e. The van der Waals surface area contributed by atoms with Crippen molar-refractivity contribution in [3.05, 3.63) is 150 Å². The first-order valence-corrected chi connectivity index (χ1v) is 13.5. The van der Waals surface area contributed by atoms with Crippen molar-refractivity contribution in [1.29, 1.82) is 0 Å². The van der Waals surface area contributed by atoms with Crippen LogP contribution < -0.4 is 15.9 Å². The van der Waals surface area contributed by atoms with E-state index in [1.165, 1.54) is 33.3 Å². The number of rotatable bonds is 4. The molecule has 0 saturated carbocycles. The van der Waals surface area contributed by atoms with Crippen LogP contribution in [0.15, 0.2) is 128 Å². The summed E-state index contributed by atoms with van der Waals surface area (Å²) in [6.45, 7) is 0. The molecule has 9 heteroatoms. The zero-order valence-corrected chi connectivity index (χ0v) is 25.0. The van der Waals surface area contributed by atoms with Gasteiger partial charge in [-0.25, -0.2) is 0 Å². The number of alkyl halides is 3. The van der Waals surface area contributed by atoms with Gasteiger partial charge in [0.05, 0.1) is 7.92 Å². The fraction of sp³-hybridized carbons (Fsp3) is 0.0323. The van der Waals surface area contributed by atoms with Crippen molar-refractivity contribution in [3.8, 4) is 11.3 Å². The molecule has 2 nitrogen and oxygen atoms in total. The molecule has 4 aromatic carbocycles. The van der Waals surface area contributed by atoms with E-state index >= 15 is 0 Å². The normalized spacial score (nSPS) is 10.1. The minimum atomic E-state index is -4.57. The van der Waals surface area contributed by atoms with Crippen LogP contribution in [0.2, 0.25) is 0 Å². The van der Waals surface area contributed by atoms with E-state index in [0.717, 1.165) is 0 Å². The third kappa shape index (κ3) is 9.67. The summed E-state index contributed by atoms with van der Waals surface area (Å²) in [6, 6.07) is 40.7. The molecule has 0 saturated heterocycles. The molecule has 5 rings (SSSR count). The summed E-state index contributed by atoms with van der Waals surface area (Å²) in [7, 11) is -0.877. The fourth-order valence-electron chi connectivity index (χ4n) is 3.65. The topological polar surface area (TPSA) is 35.2 Å². The molecule has 0 unspecified atom stereocenters. The summed E-state index contributed by atoms with van der Waals surface area (Å²) < 4.78 is 50.4. The first-order chi connectivity index (χ1) is 18.8. The summed E-state index contributed by atoms with van der Waals surface area (Å²) in [5, 5.41) is 12.8. The average molecular weight is 754 g/mol. The van der Waals surface area contributed by atoms with E-state index < -0.39 is 25.5 Å². The van der Waals surface area contributed by atoms with E-state index in [-0.39, 0.29) is 31.4 Å². The zero-order chi connectivity index (χ0) is 28.1. The van der Waals surface area contributed by atoms with Crippen LogP contribution in [0.4, 0.5) is 17.6 Å². The van der Waals surface area contributed by atoms with Gasteiger partial charge in [-0.1, -0.05) is 90.6 Å². The fourth-order valence-corrected chi connectivity index (χ4v) is 6.23. The standard InChI is InChI=1S/C18H15P.C12H6F4N.CNS.Ir/c1-4-10-16(11-5-1)19(17-12-6-2-7-13-17)18-14-8-3-9-15-18;13-10-7-8(12(14,15)16)4-5-9(10)11-3-1-2-6-17-11;2-1-3;/h1-15H;1-4,6-7H;;/q;2*-1;/p+1. The van der Waals surface area contributed by atoms with E-state index in [4.69, 9.17) is 5.41 Å². The maximum atomic E-state index is 13.5. The van der Waals surface area contributed by atoms with Gasteiger partial charge >= 0.3 is 6.18 Å². The van der Waals surface area contributed by atoms with E-state index in [2.05, 4.69) is 114 Å². The Labute approximate surface area is 250 Å². The maximum absolute atomic E-state index is 13.5. The molecule has 1 aromatic heterocycles. The van der Waals surface area contributed by atoms with Crippen molar-refractivity contribution in [2.75, 3.05) is 0 Å². The summed E-state index contributed by atoms with van der Waals surface area (Å²) in [5.74, 6) is -0.987. The molecule has 5 aromatic rings. The summed E-state index contributed by atoms with van der Waals surface area (Å²) in [6.07, 6.45) is -3.14. The average Bonchev–Trinajstić information content (AvgIpc) is 2.96. The number of benzene rings is 4. The third-order valence-electron chi connectivity index (χ3n) is 5.33. The Hall–Kier alpha value is -3.37. The van der Waals surface area contributed by atoms with Crippen molar-refractivity contribution < 1.29 is 37.7 Å². The van der Waals surface area contributed by atoms with E-state index in [0.29, 0.717) is 12.1 Å². The molecule has 40 heavy (non-hydrogen) atoms. The number of hydrogen-bond donors (Lipinski definition) is 0. The Morgan fingerprint density at radius 1 is 0.750 bits per heavy atom. The monoisotopic (exact) mass is 754 g/mol. The van der Waals surface area contributed by atoms with Crippen LogP contribution >= 0.6 is 20.1 Å². The van der Waals surface area contributed by atoms with Crippen LogP contribution in [0.5, 0.6) is 0 Å². The molecular formula is C31H22F4IrN2PS-. The van der Waals surface area contributed by atoms with Gasteiger partial charge < -0.3 is 10.4 Å². The number of hydrogen-bond acceptors (Lipinski definition) is 2. The number of pyridine rings is 1. The first kappa shape index (κ1) is 32.8. The van der Waals surface area contributed by atoms with Crippen molar-refractivity contribution in [2.45, 2.75) is 6.18 Å². The van der Waals surface area contributed by atoms with Crippen molar-refractivity contribution >= 4 is 41.2 Å². The van der Waals surface area contributed by atoms with E-state index in [1.54, 1.807) is 12.1 Å². The van der Waals surface area contributed by atoms with Crippen LogP contribution in [-0.4, -0.2) is 10.1 Å². The molecule has 0 aliphatic carbocycles. The minimum absolute atomic E-state index is 0. The minimum Gasteiger partial charge on any atom is -0.753 e. The van der Waals surface area contributed by atoms with Gasteiger partial charge in [-0.3, -0.25) is 4.39 Å². The molecule has 0 fully saturated rings. The van der Waals surface area contributed by atoms with Gasteiger partial charge in [0.15, 0.2) is 0 Å². The SMILES string of the molecule is Fc1cc(C(F)(F)F)c[c-]c1-c1ccccn1.[Ir].[N-]=C=S.c1ccc([PH+](c2ccccc2)c2ccccc2)cc1. The van der Waals surface area contributed by atoms with Gasteiger partial charge in [-0.2, -0.15) is 18.3 Å². The van der Waals surface area contributed by atoms with Crippen molar-refractivity contribution in [1.82, 2.24) is 4.98 Å². The van der Waals surface area contributed by atoms with Gasteiger partial charge in [0.25, 0.3) is 0 Å². The third-order valence-corrected chi connectivity index (χ3v) is 8.06. The van der Waals surface area contributed by atoms with Gasteiger partial charge in [-0.15, -0.1) is 12.1 Å². The van der Waals surface area contributed by atoms with E-state index in [9.17, 15) is 17.6 Å². The Kier molecular flexibility index (Phi) is 13.7. The van der Waals surface area contributed by atoms with Crippen LogP contribution in [-0.2, 0) is 26.3 Å². The molecule has 0 aliphatic heterocycles. The van der Waals surface area contributed by atoms with Crippen LogP contribution in [0.1, 0.15) is 5.56 Å². The molecule has 205 valence electrons. The second-order valence-electron chi connectivity index (χ2n) is 7.89. The second kappa shape index (κ2) is 16.7. The molecular weight excluding hydrogens is 732 g/mol. The number of isothiocyanates is 1. The molecule has 0 bridgehead atoms. The van der Waals surface area contributed by atoms with Crippen molar-refractivity contribution in [2.24, 2.45) is 0 Å². The van der Waals surface area contributed by atoms with Gasteiger partial charge in [0.2, 0.25) is 0 Å². The van der Waals surface area contributed by atoms with Crippen molar-refractivity contribution in [3.63, 3.8) is 0 Å². The van der Waals surface area contributed by atoms with Gasteiger partial charge in [-0.05, 0) is 53.7 Å². The largest absolute Gasteiger partial charge is 0.753 e. The summed E-state index contributed by atoms with van der Waals surface area (Å²) >= 11 is 3.70. The molecule has 0 aliphatic rings. The number of halogens is 4. The van der Waals surface area contributed by atoms with Crippen LogP contribution in [0.3, 0.4) is 0 Å². The first-order valence-electron chi connectivity index (χ1n) is 11.6. The van der Waals surface area contributed by atoms with Gasteiger partial charge in [0, 0.05) is 32.1 Å². The summed E-state index contributed by atoms with van der Waals surface area (Å²) in [4.78, 5) is 3.85. The molecule has 0 amide bonds. The Morgan fingerprint density at radius 3 is 1.52 bits per heavy atom. The molecule has 0 N–H and O–H groups in total. The molecule has 1 radical (unpaired) electrons. The zero-order valence-electron chi connectivity index (χ0n) is 20.8. The Balaban J connectivity index is 0.000000251. The summed E-state index contributed by atoms with van der Waals surface area (Å²) in [5.41, 5.74) is -0.882. The Morgan fingerprint density at radius 2 is 1.18 bits per heavy atom. The number of thiocarbonyl (C=S) groups is 1. The second-order valence-corrected chi connectivity index (χ2v) is 10.6. The number of aromatic nitrogens is 1. The predicted molar refractivity (Wildman–Crippen MR) is 156 cm³/mol. The predicted octanol–water partition coefficient (Wildman–Crippen LogP) is 7.54. The number of nitrogens with zero attached hydrogens (tertiary/aromatic N) is 2. The van der Waals surface area contributed by atoms with E-state index in [1.807, 2.05) is 0 Å². The van der Waals surface area contributed by atoms with Gasteiger partial charge in [0.1, 0.15) is 15.9 Å². The molecule has 0 atom stereocenters. The molecule has 0 spiro atoms. The molecule has 1 heterocycles. The quantitative estimate of drug-likeness (QED) is 0.0626. The van der Waals surface area contributed by atoms with Crippen LogP contribution in [0.25, 0.3) is 16.7 Å².